The van der Waals surface area contributed by atoms with E-state index in [0.29, 0.717) is 5.70 Å². The molecule has 3 rings (SSSR count). The van der Waals surface area contributed by atoms with Crippen molar-refractivity contribution in [1.29, 1.82) is 0 Å². The molecule has 0 amide bonds. The molecular weight excluding hydrogens is 320 g/mol. The third-order valence-electron chi connectivity index (χ3n) is 4.07. The smallest absolute Gasteiger partial charge is 0.313 e. The molecule has 1 aliphatic carbocycles. The molecule has 0 heterocycles. The van der Waals surface area contributed by atoms with Gasteiger partial charge in [-0.1, -0.05) is 48.5 Å². The molecular formula is C19H16N2O4. The van der Waals surface area contributed by atoms with E-state index in [1.54, 1.807) is 0 Å². The van der Waals surface area contributed by atoms with Crippen molar-refractivity contribution in [3.63, 3.8) is 0 Å². The van der Waals surface area contributed by atoms with Crippen LogP contribution >= 0.6 is 0 Å². The van der Waals surface area contributed by atoms with Crippen molar-refractivity contribution in [2.24, 2.45) is 5.92 Å². The molecule has 0 saturated carbocycles. The molecule has 0 bridgehead atoms. The first kappa shape index (κ1) is 16.4. The zero-order valence-electron chi connectivity index (χ0n) is 13.3. The predicted molar refractivity (Wildman–Crippen MR) is 94.4 cm³/mol. The minimum Gasteiger partial charge on any atom is -0.481 e. The van der Waals surface area contributed by atoms with E-state index in [1.165, 1.54) is 12.2 Å². The Morgan fingerprint density at radius 2 is 1.76 bits per heavy atom. The number of rotatable bonds is 5. The highest BCUT2D eigenvalue weighted by molar-refractivity contribution is 5.81. The van der Waals surface area contributed by atoms with Crippen molar-refractivity contribution in [1.82, 2.24) is 0 Å². The number of para-hydroxylation sites is 1. The molecule has 6 heteroatoms. The lowest BCUT2D eigenvalue weighted by Crippen LogP contribution is -2.25. The number of hydrogen-bond donors (Lipinski definition) is 2. The van der Waals surface area contributed by atoms with Gasteiger partial charge in [0.15, 0.2) is 0 Å². The Balaban J connectivity index is 1.97. The number of carboxylic acids is 1. The third kappa shape index (κ3) is 3.58. The van der Waals surface area contributed by atoms with Crippen LogP contribution in [0.25, 0.3) is 11.1 Å². The molecule has 1 aliphatic rings. The Morgan fingerprint density at radius 1 is 1.08 bits per heavy atom. The van der Waals surface area contributed by atoms with Crippen LogP contribution in [0.1, 0.15) is 6.42 Å². The van der Waals surface area contributed by atoms with Gasteiger partial charge in [-0.2, -0.15) is 0 Å². The maximum atomic E-state index is 11.5. The number of aliphatic carboxylic acids is 1. The Hall–Kier alpha value is -3.41. The number of carboxylic acid groups (broad SMARTS) is 1. The van der Waals surface area contributed by atoms with Crippen molar-refractivity contribution in [3.8, 4) is 11.1 Å². The van der Waals surface area contributed by atoms with E-state index in [1.807, 2.05) is 54.6 Å². The van der Waals surface area contributed by atoms with E-state index < -0.39 is 16.8 Å². The minimum absolute atomic E-state index is 0.103. The largest absolute Gasteiger partial charge is 0.481 e. The summed E-state index contributed by atoms with van der Waals surface area (Å²) in [6, 6.07) is 17.3. The van der Waals surface area contributed by atoms with Crippen LogP contribution in [0.15, 0.2) is 78.1 Å². The third-order valence-corrected chi connectivity index (χ3v) is 4.07. The fraction of sp³-hybridized carbons (Fsp3) is 0.105. The topological polar surface area (TPSA) is 92.5 Å². The zero-order chi connectivity index (χ0) is 17.8. The standard InChI is InChI=1S/C19H16N2O4/c22-19(23)16-12-14(21(24)25)10-11-18(16)20-17-9-5-4-8-15(17)13-6-2-1-3-7-13/h1-11,16,20H,12H2,(H,22,23). The van der Waals surface area contributed by atoms with Gasteiger partial charge in [0.05, 0.1) is 11.3 Å². The monoisotopic (exact) mass is 336 g/mol. The number of nitro groups is 1. The molecule has 0 fully saturated rings. The highest BCUT2D eigenvalue weighted by Crippen LogP contribution is 2.32. The predicted octanol–water partition coefficient (Wildman–Crippen LogP) is 3.91. The van der Waals surface area contributed by atoms with E-state index in [2.05, 4.69) is 5.32 Å². The molecule has 2 aromatic carbocycles. The fourth-order valence-corrected chi connectivity index (χ4v) is 2.79. The number of carbonyl (C=O) groups is 1. The van der Waals surface area contributed by atoms with Crippen LogP contribution in [0.4, 0.5) is 5.69 Å². The first-order chi connectivity index (χ1) is 12.1. The molecule has 6 nitrogen and oxygen atoms in total. The van der Waals surface area contributed by atoms with E-state index in [9.17, 15) is 20.0 Å². The second-order valence-electron chi connectivity index (χ2n) is 5.67. The Morgan fingerprint density at radius 3 is 2.44 bits per heavy atom. The van der Waals surface area contributed by atoms with Crippen LogP contribution in [-0.2, 0) is 4.79 Å². The number of anilines is 1. The molecule has 1 atom stereocenters. The van der Waals surface area contributed by atoms with Gasteiger partial charge in [-0.25, -0.2) is 0 Å². The van der Waals surface area contributed by atoms with Crippen molar-refractivity contribution in [2.45, 2.75) is 6.42 Å². The highest BCUT2D eigenvalue weighted by atomic mass is 16.6. The second-order valence-corrected chi connectivity index (χ2v) is 5.67. The lowest BCUT2D eigenvalue weighted by Gasteiger charge is -2.21. The molecule has 1 unspecified atom stereocenters. The summed E-state index contributed by atoms with van der Waals surface area (Å²) in [7, 11) is 0. The molecule has 0 aliphatic heterocycles. The normalized spacial score (nSPS) is 16.6. The molecule has 2 aromatic rings. The summed E-state index contributed by atoms with van der Waals surface area (Å²) in [5, 5.41) is 23.5. The van der Waals surface area contributed by atoms with Crippen LogP contribution < -0.4 is 5.32 Å². The van der Waals surface area contributed by atoms with Crippen molar-refractivity contribution >= 4 is 11.7 Å². The summed E-state index contributed by atoms with van der Waals surface area (Å²) in [6.45, 7) is 0. The molecule has 0 saturated heterocycles. The number of allylic oxidation sites excluding steroid dienone is 3. The molecule has 2 N–H and O–H groups in total. The maximum absolute atomic E-state index is 11.5. The molecule has 0 aromatic heterocycles. The fourth-order valence-electron chi connectivity index (χ4n) is 2.79. The van der Waals surface area contributed by atoms with Crippen LogP contribution in [0.2, 0.25) is 0 Å². The summed E-state index contributed by atoms with van der Waals surface area (Å²) >= 11 is 0. The zero-order valence-corrected chi connectivity index (χ0v) is 13.3. The second kappa shape index (κ2) is 7.00. The first-order valence-electron chi connectivity index (χ1n) is 7.75. The van der Waals surface area contributed by atoms with Crippen molar-refractivity contribution in [2.75, 3.05) is 5.32 Å². The quantitative estimate of drug-likeness (QED) is 0.638. The Labute approximate surface area is 144 Å². The summed E-state index contributed by atoms with van der Waals surface area (Å²) in [4.78, 5) is 21.9. The van der Waals surface area contributed by atoms with Crippen LogP contribution in [0.3, 0.4) is 0 Å². The van der Waals surface area contributed by atoms with Crippen LogP contribution in [-0.4, -0.2) is 16.0 Å². The van der Waals surface area contributed by atoms with E-state index in [4.69, 9.17) is 0 Å². The summed E-state index contributed by atoms with van der Waals surface area (Å²) < 4.78 is 0. The highest BCUT2D eigenvalue weighted by Gasteiger charge is 2.31. The Kier molecular flexibility index (Phi) is 4.61. The van der Waals surface area contributed by atoms with Gasteiger partial charge in [0.2, 0.25) is 5.70 Å². The number of hydrogen-bond acceptors (Lipinski definition) is 4. The minimum atomic E-state index is -1.09. The van der Waals surface area contributed by atoms with Crippen molar-refractivity contribution < 1.29 is 14.8 Å². The summed E-state index contributed by atoms with van der Waals surface area (Å²) in [5.41, 5.74) is 3.01. The number of benzene rings is 2. The van der Waals surface area contributed by atoms with E-state index >= 15 is 0 Å². The van der Waals surface area contributed by atoms with E-state index in [-0.39, 0.29) is 12.1 Å². The van der Waals surface area contributed by atoms with Crippen molar-refractivity contribution in [3.05, 3.63) is 88.3 Å². The maximum Gasteiger partial charge on any atom is 0.313 e. The van der Waals surface area contributed by atoms with E-state index in [0.717, 1.165) is 16.8 Å². The van der Waals surface area contributed by atoms with Gasteiger partial charge in [-0.15, -0.1) is 0 Å². The lowest BCUT2D eigenvalue weighted by atomic mass is 9.94. The van der Waals surface area contributed by atoms with Gasteiger partial charge >= 0.3 is 5.97 Å². The molecule has 0 spiro atoms. The average Bonchev–Trinajstić information content (AvgIpc) is 2.63. The SMILES string of the molecule is O=C(O)C1CC([N+](=O)[O-])=CC=C1Nc1ccccc1-c1ccccc1. The summed E-state index contributed by atoms with van der Waals surface area (Å²) in [5.74, 6) is -2.07. The first-order valence-corrected chi connectivity index (χ1v) is 7.75. The molecule has 25 heavy (non-hydrogen) atoms. The lowest BCUT2D eigenvalue weighted by molar-refractivity contribution is -0.428. The van der Waals surface area contributed by atoms with Gasteiger partial charge < -0.3 is 10.4 Å². The number of nitrogens with zero attached hydrogens (tertiary/aromatic N) is 1. The van der Waals surface area contributed by atoms with Crippen LogP contribution in [0, 0.1) is 16.0 Å². The molecule has 0 radical (unpaired) electrons. The average molecular weight is 336 g/mol. The summed E-state index contributed by atoms with van der Waals surface area (Å²) in [6.07, 6.45) is 2.68. The van der Waals surface area contributed by atoms with Gasteiger partial charge in [-0.05, 0) is 17.7 Å². The van der Waals surface area contributed by atoms with Gasteiger partial charge in [0.1, 0.15) is 5.92 Å². The van der Waals surface area contributed by atoms with Gasteiger partial charge in [0.25, 0.3) is 0 Å². The van der Waals surface area contributed by atoms with Gasteiger partial charge in [-0.3, -0.25) is 14.9 Å². The van der Waals surface area contributed by atoms with Crippen LogP contribution in [0.5, 0.6) is 0 Å². The van der Waals surface area contributed by atoms with Gasteiger partial charge in [0, 0.05) is 23.0 Å². The molecule has 126 valence electrons. The Bertz CT molecular complexity index is 872. The number of nitrogens with one attached hydrogen (secondary N) is 1.